The second-order valence-corrected chi connectivity index (χ2v) is 6.47. The monoisotopic (exact) mass is 376 g/mol. The molecule has 0 aromatic heterocycles. The number of amides is 2. The minimum atomic E-state index is -0.738. The number of hydrogen-bond acceptors (Lipinski definition) is 2. The molecule has 2 aromatic carbocycles. The van der Waals surface area contributed by atoms with E-state index in [-0.39, 0.29) is 30.4 Å². The van der Waals surface area contributed by atoms with Crippen molar-refractivity contribution >= 4 is 11.8 Å². The van der Waals surface area contributed by atoms with E-state index in [1.165, 1.54) is 23.1 Å². The van der Waals surface area contributed by atoms with E-state index in [1.54, 1.807) is 12.1 Å². The highest BCUT2D eigenvalue weighted by Gasteiger charge is 2.33. The molecule has 1 unspecified atom stereocenters. The smallest absolute Gasteiger partial charge is 0.243 e. The predicted molar refractivity (Wildman–Crippen MR) is 92.8 cm³/mol. The lowest BCUT2D eigenvalue weighted by molar-refractivity contribution is -0.144. The molecule has 2 aromatic rings. The van der Waals surface area contributed by atoms with Crippen LogP contribution < -0.4 is 5.32 Å². The summed E-state index contributed by atoms with van der Waals surface area (Å²) >= 11 is 0. The Bertz CT molecular complexity index is 819. The SMILES string of the molecule is O=C(NCc1c(F)cccc1F)C1CCCC(=O)N1Cc1ccc(F)cc1. The van der Waals surface area contributed by atoms with E-state index in [0.29, 0.717) is 24.8 Å². The van der Waals surface area contributed by atoms with Gasteiger partial charge in [0, 0.05) is 25.1 Å². The third-order valence-electron chi connectivity index (χ3n) is 4.63. The maximum atomic E-state index is 13.7. The van der Waals surface area contributed by atoms with Gasteiger partial charge in [0.15, 0.2) is 0 Å². The van der Waals surface area contributed by atoms with E-state index in [2.05, 4.69) is 5.32 Å². The van der Waals surface area contributed by atoms with Crippen LogP contribution in [0.4, 0.5) is 13.2 Å². The predicted octanol–water partition coefficient (Wildman–Crippen LogP) is 3.30. The second-order valence-electron chi connectivity index (χ2n) is 6.47. The van der Waals surface area contributed by atoms with Crippen LogP contribution >= 0.6 is 0 Å². The lowest BCUT2D eigenvalue weighted by Gasteiger charge is -2.34. The van der Waals surface area contributed by atoms with Gasteiger partial charge in [0.05, 0.1) is 0 Å². The molecule has 1 aliphatic heterocycles. The van der Waals surface area contributed by atoms with E-state index in [1.807, 2.05) is 0 Å². The minimum Gasteiger partial charge on any atom is -0.350 e. The van der Waals surface area contributed by atoms with E-state index >= 15 is 0 Å². The molecule has 4 nitrogen and oxygen atoms in total. The maximum absolute atomic E-state index is 13.7. The molecule has 142 valence electrons. The zero-order chi connectivity index (χ0) is 19.4. The molecule has 0 spiro atoms. The first-order valence-corrected chi connectivity index (χ1v) is 8.70. The third kappa shape index (κ3) is 4.48. The van der Waals surface area contributed by atoms with Gasteiger partial charge >= 0.3 is 0 Å². The Hall–Kier alpha value is -2.83. The molecule has 1 heterocycles. The molecule has 1 fully saturated rings. The van der Waals surface area contributed by atoms with Crippen LogP contribution in [0.1, 0.15) is 30.4 Å². The number of rotatable bonds is 5. The van der Waals surface area contributed by atoms with Gasteiger partial charge in [-0.05, 0) is 42.7 Å². The molecule has 3 rings (SSSR count). The first-order valence-electron chi connectivity index (χ1n) is 8.70. The topological polar surface area (TPSA) is 49.4 Å². The van der Waals surface area contributed by atoms with Crippen molar-refractivity contribution in [3.05, 3.63) is 71.0 Å². The van der Waals surface area contributed by atoms with Crippen LogP contribution in [0.3, 0.4) is 0 Å². The summed E-state index contributed by atoms with van der Waals surface area (Å²) in [6, 6.07) is 8.46. The van der Waals surface area contributed by atoms with Gasteiger partial charge in [0.1, 0.15) is 23.5 Å². The fourth-order valence-electron chi connectivity index (χ4n) is 3.17. The zero-order valence-electron chi connectivity index (χ0n) is 14.6. The Labute approximate surface area is 155 Å². The third-order valence-corrected chi connectivity index (χ3v) is 4.63. The van der Waals surface area contributed by atoms with Gasteiger partial charge in [0.25, 0.3) is 0 Å². The summed E-state index contributed by atoms with van der Waals surface area (Å²) in [6.07, 6.45) is 1.34. The molecule has 0 bridgehead atoms. The molecule has 0 aliphatic carbocycles. The van der Waals surface area contributed by atoms with Gasteiger partial charge in [-0.25, -0.2) is 13.2 Å². The van der Waals surface area contributed by atoms with Crippen molar-refractivity contribution in [1.29, 1.82) is 0 Å². The average Bonchev–Trinajstić information content (AvgIpc) is 2.64. The van der Waals surface area contributed by atoms with Crippen LogP contribution in [0.2, 0.25) is 0 Å². The molecular formula is C20H19F3N2O2. The minimum absolute atomic E-state index is 0.172. The molecule has 0 saturated carbocycles. The number of nitrogens with zero attached hydrogens (tertiary/aromatic N) is 1. The Morgan fingerprint density at radius 1 is 1.07 bits per heavy atom. The molecular weight excluding hydrogens is 357 g/mol. The number of carbonyl (C=O) groups is 2. The molecule has 1 N–H and O–H groups in total. The van der Waals surface area contributed by atoms with E-state index in [4.69, 9.17) is 0 Å². The Morgan fingerprint density at radius 2 is 1.74 bits per heavy atom. The molecule has 7 heteroatoms. The molecule has 27 heavy (non-hydrogen) atoms. The van der Waals surface area contributed by atoms with Crippen LogP contribution in [-0.2, 0) is 22.7 Å². The summed E-state index contributed by atoms with van der Waals surface area (Å²) in [5.41, 5.74) is 0.475. The molecule has 0 radical (unpaired) electrons. The van der Waals surface area contributed by atoms with Gasteiger partial charge in [-0.1, -0.05) is 18.2 Å². The van der Waals surface area contributed by atoms with Gasteiger partial charge in [0.2, 0.25) is 11.8 Å². The maximum Gasteiger partial charge on any atom is 0.243 e. The van der Waals surface area contributed by atoms with Crippen LogP contribution in [0.15, 0.2) is 42.5 Å². The van der Waals surface area contributed by atoms with Crippen LogP contribution in [0.25, 0.3) is 0 Å². The normalized spacial score (nSPS) is 17.1. The number of benzene rings is 2. The lowest BCUT2D eigenvalue weighted by atomic mass is 9.99. The van der Waals surface area contributed by atoms with Crippen LogP contribution in [-0.4, -0.2) is 22.8 Å². The van der Waals surface area contributed by atoms with Crippen molar-refractivity contribution in [3.63, 3.8) is 0 Å². The van der Waals surface area contributed by atoms with Crippen molar-refractivity contribution < 1.29 is 22.8 Å². The van der Waals surface area contributed by atoms with Crippen molar-refractivity contribution in [1.82, 2.24) is 10.2 Å². The Morgan fingerprint density at radius 3 is 2.41 bits per heavy atom. The number of piperidine rings is 1. The van der Waals surface area contributed by atoms with Crippen molar-refractivity contribution in [2.24, 2.45) is 0 Å². The second kappa shape index (κ2) is 8.24. The number of likely N-dealkylation sites (tertiary alicyclic amines) is 1. The molecule has 2 amide bonds. The van der Waals surface area contributed by atoms with Crippen molar-refractivity contribution in [3.8, 4) is 0 Å². The summed E-state index contributed by atoms with van der Waals surface area (Å²) in [5, 5.41) is 2.52. The van der Waals surface area contributed by atoms with E-state index in [9.17, 15) is 22.8 Å². The van der Waals surface area contributed by atoms with Gasteiger partial charge < -0.3 is 10.2 Å². The summed E-state index contributed by atoms with van der Waals surface area (Å²) < 4.78 is 40.5. The zero-order valence-corrected chi connectivity index (χ0v) is 14.6. The highest BCUT2D eigenvalue weighted by molar-refractivity contribution is 5.88. The van der Waals surface area contributed by atoms with Gasteiger partial charge in [-0.15, -0.1) is 0 Å². The Balaban J connectivity index is 1.70. The summed E-state index contributed by atoms with van der Waals surface area (Å²) in [5.74, 6) is -2.50. The number of carbonyl (C=O) groups excluding carboxylic acids is 2. The largest absolute Gasteiger partial charge is 0.350 e. The summed E-state index contributed by atoms with van der Waals surface area (Å²) in [7, 11) is 0. The number of halogens is 3. The molecule has 1 atom stereocenters. The quantitative estimate of drug-likeness (QED) is 0.871. The Kier molecular flexibility index (Phi) is 5.78. The van der Waals surface area contributed by atoms with Gasteiger partial charge in [-0.2, -0.15) is 0 Å². The highest BCUT2D eigenvalue weighted by Crippen LogP contribution is 2.22. The van der Waals surface area contributed by atoms with E-state index in [0.717, 1.165) is 12.1 Å². The highest BCUT2D eigenvalue weighted by atomic mass is 19.1. The molecule has 1 aliphatic rings. The number of hydrogen-bond donors (Lipinski definition) is 1. The first kappa shape index (κ1) is 18.9. The van der Waals surface area contributed by atoms with Crippen LogP contribution in [0, 0.1) is 17.5 Å². The average molecular weight is 376 g/mol. The van der Waals surface area contributed by atoms with Crippen LogP contribution in [0.5, 0.6) is 0 Å². The van der Waals surface area contributed by atoms with Crippen molar-refractivity contribution in [2.75, 3.05) is 0 Å². The van der Waals surface area contributed by atoms with Crippen molar-refractivity contribution in [2.45, 2.75) is 38.4 Å². The summed E-state index contributed by atoms with van der Waals surface area (Å²) in [6.45, 7) is -0.127. The number of nitrogens with one attached hydrogen (secondary N) is 1. The molecule has 1 saturated heterocycles. The first-order chi connectivity index (χ1) is 13.0. The standard InChI is InChI=1S/C20H19F3N2O2/c21-14-9-7-13(8-10-14)12-25-18(5-2-6-19(25)26)20(27)24-11-15-16(22)3-1-4-17(15)23/h1,3-4,7-10,18H,2,5-6,11-12H2,(H,24,27). The fourth-order valence-corrected chi connectivity index (χ4v) is 3.17. The van der Waals surface area contributed by atoms with Gasteiger partial charge in [-0.3, -0.25) is 9.59 Å². The van der Waals surface area contributed by atoms with E-state index < -0.39 is 23.6 Å². The lowest BCUT2D eigenvalue weighted by Crippen LogP contribution is -2.51. The summed E-state index contributed by atoms with van der Waals surface area (Å²) in [4.78, 5) is 26.3. The fraction of sp³-hybridized carbons (Fsp3) is 0.300.